The lowest BCUT2D eigenvalue weighted by atomic mass is 10.1. The molecule has 0 spiro atoms. The first-order valence-electron chi connectivity index (χ1n) is 4.45. The normalized spacial score (nSPS) is 15.8. The van der Waals surface area contributed by atoms with Crippen molar-refractivity contribution in [1.82, 2.24) is 0 Å². The lowest BCUT2D eigenvalue weighted by Gasteiger charge is -2.18. The molecule has 0 heterocycles. The summed E-state index contributed by atoms with van der Waals surface area (Å²) in [6.45, 7) is 1.39. The molecule has 0 aliphatic heterocycles. The molecule has 2 atom stereocenters. The van der Waals surface area contributed by atoms with E-state index in [1.54, 1.807) is 24.3 Å². The number of halogens is 1. The Balaban J connectivity index is 2.86. The van der Waals surface area contributed by atoms with Gasteiger partial charge in [-0.2, -0.15) is 8.42 Å². The first-order valence-corrected chi connectivity index (χ1v) is 6.29. The lowest BCUT2D eigenvalue weighted by molar-refractivity contribution is 0.0509. The molecule has 7 heteroatoms. The van der Waals surface area contributed by atoms with Crippen molar-refractivity contribution < 1.29 is 17.7 Å². The Morgan fingerprint density at radius 1 is 1.44 bits per heavy atom. The maximum Gasteiger partial charge on any atom is 0.333 e. The Morgan fingerprint density at radius 2 is 2.00 bits per heavy atom. The molecule has 5 nitrogen and oxygen atoms in total. The zero-order valence-corrected chi connectivity index (χ0v) is 10.1. The van der Waals surface area contributed by atoms with Gasteiger partial charge in [0.1, 0.15) is 12.2 Å². The maximum absolute atomic E-state index is 10.7. The molecule has 0 saturated heterocycles. The maximum atomic E-state index is 10.7. The van der Waals surface area contributed by atoms with Gasteiger partial charge in [-0.1, -0.05) is 29.8 Å². The van der Waals surface area contributed by atoms with Crippen LogP contribution in [0.4, 0.5) is 0 Å². The van der Waals surface area contributed by atoms with E-state index in [0.29, 0.717) is 10.6 Å². The third-order valence-corrected chi connectivity index (χ3v) is 2.87. The van der Waals surface area contributed by atoms with E-state index >= 15 is 0 Å². The molecule has 0 radical (unpaired) electrons. The number of aliphatic hydroxyl groups excluding tert-OH is 1. The van der Waals surface area contributed by atoms with E-state index in [1.807, 2.05) is 0 Å². The van der Waals surface area contributed by atoms with Crippen LogP contribution >= 0.6 is 11.6 Å². The lowest BCUT2D eigenvalue weighted by Crippen LogP contribution is -2.27. The van der Waals surface area contributed by atoms with Crippen LogP contribution in [0, 0.1) is 0 Å². The van der Waals surface area contributed by atoms with Gasteiger partial charge >= 0.3 is 10.3 Å². The summed E-state index contributed by atoms with van der Waals surface area (Å²) in [7, 11) is -4.09. The highest BCUT2D eigenvalue weighted by Gasteiger charge is 2.22. The standard InChI is InChI=1S/C9H12ClNO4S/c1-6(15-16(11,13)14)9(12)7-4-2-3-5-8(7)10/h2-6,9,12H,1H3,(H2,11,13,14)/t6-,9+/m0/s1. The van der Waals surface area contributed by atoms with Crippen molar-refractivity contribution in [3.05, 3.63) is 34.9 Å². The average Bonchev–Trinajstić information content (AvgIpc) is 2.15. The van der Waals surface area contributed by atoms with Crippen molar-refractivity contribution in [2.24, 2.45) is 5.14 Å². The predicted octanol–water partition coefficient (Wildman–Crippen LogP) is 0.982. The zero-order valence-electron chi connectivity index (χ0n) is 8.50. The highest BCUT2D eigenvalue weighted by molar-refractivity contribution is 7.84. The van der Waals surface area contributed by atoms with Gasteiger partial charge < -0.3 is 5.11 Å². The average molecular weight is 266 g/mol. The first-order chi connectivity index (χ1) is 7.31. The molecule has 0 aliphatic carbocycles. The van der Waals surface area contributed by atoms with Gasteiger partial charge in [-0.15, -0.1) is 0 Å². The molecular formula is C9H12ClNO4S. The third-order valence-electron chi connectivity index (χ3n) is 1.95. The van der Waals surface area contributed by atoms with E-state index < -0.39 is 22.5 Å². The second-order valence-corrected chi connectivity index (χ2v) is 4.85. The molecule has 1 aromatic rings. The van der Waals surface area contributed by atoms with Crippen LogP contribution in [-0.4, -0.2) is 19.6 Å². The first kappa shape index (κ1) is 13.4. The minimum atomic E-state index is -4.09. The summed E-state index contributed by atoms with van der Waals surface area (Å²) in [6.07, 6.45) is -2.16. The molecule has 1 aromatic carbocycles. The van der Waals surface area contributed by atoms with E-state index in [4.69, 9.17) is 16.7 Å². The van der Waals surface area contributed by atoms with E-state index in [0.717, 1.165) is 0 Å². The SMILES string of the molecule is C[C@H](OS(N)(=O)=O)[C@@H](O)c1ccccc1Cl. The van der Waals surface area contributed by atoms with Crippen molar-refractivity contribution in [2.45, 2.75) is 19.1 Å². The zero-order chi connectivity index (χ0) is 12.3. The smallest absolute Gasteiger partial charge is 0.333 e. The van der Waals surface area contributed by atoms with Crippen molar-refractivity contribution >= 4 is 21.9 Å². The topological polar surface area (TPSA) is 89.6 Å². The summed E-state index contributed by atoms with van der Waals surface area (Å²) in [6, 6.07) is 6.54. The van der Waals surface area contributed by atoms with Crippen LogP contribution in [0.5, 0.6) is 0 Å². The van der Waals surface area contributed by atoms with Crippen molar-refractivity contribution in [2.75, 3.05) is 0 Å². The van der Waals surface area contributed by atoms with Crippen LogP contribution in [0.15, 0.2) is 24.3 Å². The second-order valence-electron chi connectivity index (χ2n) is 3.26. The molecular weight excluding hydrogens is 254 g/mol. The summed E-state index contributed by atoms with van der Waals surface area (Å²) in [5.41, 5.74) is 0.389. The molecule has 0 bridgehead atoms. The van der Waals surface area contributed by atoms with E-state index in [-0.39, 0.29) is 0 Å². The van der Waals surface area contributed by atoms with Crippen LogP contribution < -0.4 is 5.14 Å². The minimum Gasteiger partial charge on any atom is -0.386 e. The van der Waals surface area contributed by atoms with E-state index in [9.17, 15) is 13.5 Å². The van der Waals surface area contributed by atoms with Crippen LogP contribution in [0.25, 0.3) is 0 Å². The van der Waals surface area contributed by atoms with Gasteiger partial charge in [0.15, 0.2) is 0 Å². The van der Waals surface area contributed by atoms with Crippen LogP contribution in [0.3, 0.4) is 0 Å². The van der Waals surface area contributed by atoms with Gasteiger partial charge in [-0.05, 0) is 13.0 Å². The molecule has 3 N–H and O–H groups in total. The quantitative estimate of drug-likeness (QED) is 0.849. The Hall–Kier alpha value is -0.660. The Morgan fingerprint density at radius 3 is 2.50 bits per heavy atom. The number of hydrogen-bond acceptors (Lipinski definition) is 4. The van der Waals surface area contributed by atoms with Crippen LogP contribution in [0.1, 0.15) is 18.6 Å². The number of hydrogen-bond donors (Lipinski definition) is 2. The van der Waals surface area contributed by atoms with Crippen molar-refractivity contribution in [3.63, 3.8) is 0 Å². The van der Waals surface area contributed by atoms with Crippen molar-refractivity contribution in [3.8, 4) is 0 Å². The molecule has 0 amide bonds. The van der Waals surface area contributed by atoms with Gasteiger partial charge in [-0.25, -0.2) is 5.14 Å². The molecule has 16 heavy (non-hydrogen) atoms. The molecule has 90 valence electrons. The summed E-state index contributed by atoms with van der Waals surface area (Å²) < 4.78 is 25.8. The van der Waals surface area contributed by atoms with Gasteiger partial charge in [-0.3, -0.25) is 4.18 Å². The van der Waals surface area contributed by atoms with E-state index in [2.05, 4.69) is 4.18 Å². The summed E-state index contributed by atoms with van der Waals surface area (Å²) in [4.78, 5) is 0. The summed E-state index contributed by atoms with van der Waals surface area (Å²) >= 11 is 5.84. The molecule has 0 aromatic heterocycles. The third kappa shape index (κ3) is 3.73. The number of aliphatic hydroxyl groups is 1. The monoisotopic (exact) mass is 265 g/mol. The summed E-state index contributed by atoms with van der Waals surface area (Å²) in [5.74, 6) is 0. The van der Waals surface area contributed by atoms with Gasteiger partial charge in [0.05, 0.1) is 0 Å². The number of rotatable bonds is 4. The predicted molar refractivity (Wildman–Crippen MR) is 60.1 cm³/mol. The van der Waals surface area contributed by atoms with Gasteiger partial charge in [0.2, 0.25) is 0 Å². The molecule has 0 saturated carbocycles. The van der Waals surface area contributed by atoms with Gasteiger partial charge in [0.25, 0.3) is 0 Å². The highest BCUT2D eigenvalue weighted by atomic mass is 35.5. The van der Waals surface area contributed by atoms with Crippen LogP contribution in [-0.2, 0) is 14.5 Å². The molecule has 0 unspecified atom stereocenters. The number of nitrogens with two attached hydrogens (primary N) is 1. The summed E-state index contributed by atoms with van der Waals surface area (Å²) in [5, 5.41) is 14.8. The van der Waals surface area contributed by atoms with Crippen molar-refractivity contribution in [1.29, 1.82) is 0 Å². The Labute approximate surface area is 99.0 Å². The highest BCUT2D eigenvalue weighted by Crippen LogP contribution is 2.26. The Kier molecular flexibility index (Phi) is 4.28. The number of benzene rings is 1. The molecule has 0 aliphatic rings. The minimum absolute atomic E-state index is 0.333. The largest absolute Gasteiger partial charge is 0.386 e. The fraction of sp³-hybridized carbons (Fsp3) is 0.333. The Bertz CT molecular complexity index is 462. The van der Waals surface area contributed by atoms with Crippen LogP contribution in [0.2, 0.25) is 5.02 Å². The fourth-order valence-electron chi connectivity index (χ4n) is 1.23. The van der Waals surface area contributed by atoms with Gasteiger partial charge in [0, 0.05) is 10.6 Å². The molecule has 1 rings (SSSR count). The van der Waals surface area contributed by atoms with E-state index in [1.165, 1.54) is 6.92 Å². The second kappa shape index (κ2) is 5.11. The molecule has 0 fully saturated rings. The fourth-order valence-corrected chi connectivity index (χ4v) is 2.01.